The molecule has 4 heteroatoms. The first kappa shape index (κ1) is 16.6. The van der Waals surface area contributed by atoms with Gasteiger partial charge in [-0.1, -0.05) is 54.6 Å². The number of hydrogen-bond acceptors (Lipinski definition) is 3. The van der Waals surface area contributed by atoms with E-state index in [-0.39, 0.29) is 30.8 Å². The van der Waals surface area contributed by atoms with Crippen LogP contribution in [0.5, 0.6) is 0 Å². The normalized spacial score (nSPS) is 10.3. The summed E-state index contributed by atoms with van der Waals surface area (Å²) in [4.78, 5) is 35.0. The Labute approximate surface area is 134 Å². The Bertz CT molecular complexity index is 704. The summed E-state index contributed by atoms with van der Waals surface area (Å²) in [5, 5.41) is 8.60. The van der Waals surface area contributed by atoms with Gasteiger partial charge in [0.15, 0.2) is 5.78 Å². The molecular formula is C19H18O4. The third kappa shape index (κ3) is 4.88. The Kier molecular flexibility index (Phi) is 5.80. The van der Waals surface area contributed by atoms with Gasteiger partial charge in [0.25, 0.3) is 0 Å². The number of aliphatic carboxylic acids is 1. The van der Waals surface area contributed by atoms with E-state index in [2.05, 4.69) is 0 Å². The maximum absolute atomic E-state index is 12.6. The third-order valence-corrected chi connectivity index (χ3v) is 3.53. The van der Waals surface area contributed by atoms with Crippen LogP contribution in [0.1, 0.15) is 40.7 Å². The molecule has 0 spiro atoms. The van der Waals surface area contributed by atoms with Crippen molar-refractivity contribution in [2.24, 2.45) is 0 Å². The predicted octanol–water partition coefficient (Wildman–Crippen LogP) is 3.28. The molecule has 2 aromatic carbocycles. The highest BCUT2D eigenvalue weighted by Gasteiger charge is 2.15. The van der Waals surface area contributed by atoms with Gasteiger partial charge in [0.2, 0.25) is 0 Å². The van der Waals surface area contributed by atoms with E-state index in [1.165, 1.54) is 0 Å². The van der Waals surface area contributed by atoms with E-state index in [4.69, 9.17) is 5.11 Å². The molecule has 0 aromatic heterocycles. The second-order valence-corrected chi connectivity index (χ2v) is 5.32. The number of ketones is 2. The van der Waals surface area contributed by atoms with Crippen molar-refractivity contribution in [3.8, 4) is 0 Å². The second kappa shape index (κ2) is 8.03. The maximum atomic E-state index is 12.6. The summed E-state index contributed by atoms with van der Waals surface area (Å²) in [5.41, 5.74) is 1.78. The van der Waals surface area contributed by atoms with Gasteiger partial charge in [0.1, 0.15) is 5.78 Å². The zero-order chi connectivity index (χ0) is 16.7. The topological polar surface area (TPSA) is 71.4 Å². The molecule has 0 aliphatic carbocycles. The summed E-state index contributed by atoms with van der Waals surface area (Å²) in [7, 11) is 0. The van der Waals surface area contributed by atoms with Crippen LogP contribution in [0.25, 0.3) is 0 Å². The van der Waals surface area contributed by atoms with Crippen LogP contribution >= 0.6 is 0 Å². The van der Waals surface area contributed by atoms with E-state index >= 15 is 0 Å². The minimum atomic E-state index is -0.905. The molecule has 118 valence electrons. The average molecular weight is 310 g/mol. The average Bonchev–Trinajstić information content (AvgIpc) is 2.55. The Morgan fingerprint density at radius 3 is 2.17 bits per heavy atom. The predicted molar refractivity (Wildman–Crippen MR) is 86.5 cm³/mol. The number of rotatable bonds is 8. The fourth-order valence-corrected chi connectivity index (χ4v) is 2.38. The third-order valence-electron chi connectivity index (χ3n) is 3.53. The monoisotopic (exact) mass is 310 g/mol. The van der Waals surface area contributed by atoms with E-state index in [9.17, 15) is 14.4 Å². The van der Waals surface area contributed by atoms with Crippen LogP contribution in [0.2, 0.25) is 0 Å². The minimum Gasteiger partial charge on any atom is -0.481 e. The van der Waals surface area contributed by atoms with Crippen molar-refractivity contribution in [2.45, 2.75) is 25.7 Å². The minimum absolute atomic E-state index is 0.0175. The molecule has 0 amide bonds. The number of hydrogen-bond donors (Lipinski definition) is 1. The van der Waals surface area contributed by atoms with E-state index in [0.717, 1.165) is 0 Å². The molecule has 1 N–H and O–H groups in total. The lowest BCUT2D eigenvalue weighted by atomic mass is 9.94. The van der Waals surface area contributed by atoms with Crippen molar-refractivity contribution >= 4 is 17.5 Å². The molecule has 4 nitrogen and oxygen atoms in total. The van der Waals surface area contributed by atoms with Crippen LogP contribution in [0.15, 0.2) is 54.6 Å². The van der Waals surface area contributed by atoms with E-state index in [0.29, 0.717) is 23.1 Å². The van der Waals surface area contributed by atoms with Crippen LogP contribution < -0.4 is 0 Å². The molecule has 0 unspecified atom stereocenters. The summed E-state index contributed by atoms with van der Waals surface area (Å²) in [6.07, 6.45) is 0.661. The van der Waals surface area contributed by atoms with Gasteiger partial charge in [-0.05, 0) is 12.0 Å². The number of carbonyl (C=O) groups excluding carboxylic acids is 2. The van der Waals surface area contributed by atoms with Crippen molar-refractivity contribution in [1.82, 2.24) is 0 Å². The Hall–Kier alpha value is -2.75. The second-order valence-electron chi connectivity index (χ2n) is 5.32. The maximum Gasteiger partial charge on any atom is 0.303 e. The first-order valence-electron chi connectivity index (χ1n) is 7.49. The van der Waals surface area contributed by atoms with Crippen molar-refractivity contribution in [3.63, 3.8) is 0 Å². The molecular weight excluding hydrogens is 292 g/mol. The van der Waals surface area contributed by atoms with Gasteiger partial charge in [-0.25, -0.2) is 0 Å². The summed E-state index contributed by atoms with van der Waals surface area (Å²) in [6.45, 7) is 0. The van der Waals surface area contributed by atoms with E-state index < -0.39 is 5.97 Å². The standard InChI is InChI=1S/C19H18O4/c20-16(10-6-12-18(21)22)13-15-9-4-5-11-17(15)19(23)14-7-2-1-3-8-14/h1-5,7-9,11H,6,10,12-13H2,(H,21,22). The Balaban J connectivity index is 2.10. The molecule has 2 aromatic rings. The van der Waals surface area contributed by atoms with E-state index in [1.54, 1.807) is 48.5 Å². The summed E-state index contributed by atoms with van der Waals surface area (Å²) in [6, 6.07) is 16.0. The van der Waals surface area contributed by atoms with Crippen molar-refractivity contribution in [1.29, 1.82) is 0 Å². The number of carboxylic acids is 1. The smallest absolute Gasteiger partial charge is 0.303 e. The van der Waals surface area contributed by atoms with Gasteiger partial charge in [-0.2, -0.15) is 0 Å². The largest absolute Gasteiger partial charge is 0.481 e. The lowest BCUT2D eigenvalue weighted by molar-refractivity contribution is -0.137. The van der Waals surface area contributed by atoms with Gasteiger partial charge < -0.3 is 5.11 Å². The van der Waals surface area contributed by atoms with Crippen LogP contribution in [0, 0.1) is 0 Å². The molecule has 0 saturated carbocycles. The zero-order valence-electron chi connectivity index (χ0n) is 12.7. The van der Waals surface area contributed by atoms with Crippen molar-refractivity contribution < 1.29 is 19.5 Å². The molecule has 0 radical (unpaired) electrons. The van der Waals surface area contributed by atoms with Gasteiger partial charge in [0.05, 0.1) is 0 Å². The summed E-state index contributed by atoms with van der Waals surface area (Å²) < 4.78 is 0. The molecule has 0 atom stereocenters. The Morgan fingerprint density at radius 1 is 0.826 bits per heavy atom. The zero-order valence-corrected chi connectivity index (χ0v) is 12.7. The molecule has 0 aliphatic rings. The van der Waals surface area contributed by atoms with Crippen molar-refractivity contribution in [3.05, 3.63) is 71.3 Å². The van der Waals surface area contributed by atoms with Crippen LogP contribution in [0.3, 0.4) is 0 Å². The van der Waals surface area contributed by atoms with Gasteiger partial charge >= 0.3 is 5.97 Å². The molecule has 0 fully saturated rings. The molecule has 23 heavy (non-hydrogen) atoms. The number of carbonyl (C=O) groups is 3. The highest BCUT2D eigenvalue weighted by molar-refractivity contribution is 6.10. The Morgan fingerprint density at radius 2 is 1.48 bits per heavy atom. The molecule has 0 aliphatic heterocycles. The summed E-state index contributed by atoms with van der Waals surface area (Å²) in [5.74, 6) is -1.07. The number of carboxylic acid groups (broad SMARTS) is 1. The van der Waals surface area contributed by atoms with E-state index in [1.807, 2.05) is 6.07 Å². The fourth-order valence-electron chi connectivity index (χ4n) is 2.38. The van der Waals surface area contributed by atoms with Gasteiger partial charge in [-0.3, -0.25) is 14.4 Å². The first-order valence-corrected chi connectivity index (χ1v) is 7.49. The quantitative estimate of drug-likeness (QED) is 0.759. The number of benzene rings is 2. The molecule has 2 rings (SSSR count). The molecule has 0 heterocycles. The molecule has 0 saturated heterocycles. The lowest BCUT2D eigenvalue weighted by Crippen LogP contribution is -2.10. The highest BCUT2D eigenvalue weighted by Crippen LogP contribution is 2.16. The first-order chi connectivity index (χ1) is 11.1. The summed E-state index contributed by atoms with van der Waals surface area (Å²) >= 11 is 0. The van der Waals surface area contributed by atoms with Crippen LogP contribution in [0.4, 0.5) is 0 Å². The highest BCUT2D eigenvalue weighted by atomic mass is 16.4. The van der Waals surface area contributed by atoms with Gasteiger partial charge in [-0.15, -0.1) is 0 Å². The molecule has 0 bridgehead atoms. The SMILES string of the molecule is O=C(O)CCCC(=O)Cc1ccccc1C(=O)c1ccccc1. The fraction of sp³-hybridized carbons (Fsp3) is 0.211. The lowest BCUT2D eigenvalue weighted by Gasteiger charge is -2.08. The van der Waals surface area contributed by atoms with Crippen LogP contribution in [-0.2, 0) is 16.0 Å². The van der Waals surface area contributed by atoms with Gasteiger partial charge in [0, 0.05) is 30.4 Å². The number of Topliss-reactive ketones (excluding diaryl/α,β-unsaturated/α-hetero) is 1. The van der Waals surface area contributed by atoms with Crippen LogP contribution in [-0.4, -0.2) is 22.6 Å². The van der Waals surface area contributed by atoms with Crippen molar-refractivity contribution in [2.75, 3.05) is 0 Å².